The van der Waals surface area contributed by atoms with E-state index in [2.05, 4.69) is 43.1 Å². The van der Waals surface area contributed by atoms with Crippen molar-refractivity contribution in [3.63, 3.8) is 0 Å². The molecule has 0 amide bonds. The molecule has 1 N–H and O–H groups in total. The van der Waals surface area contributed by atoms with Crippen LogP contribution in [0.5, 0.6) is 0 Å². The number of aromatic amines is 1. The highest BCUT2D eigenvalue weighted by atomic mass is 16.1. The Kier molecular flexibility index (Phi) is 4.35. The van der Waals surface area contributed by atoms with Gasteiger partial charge in [0.25, 0.3) is 0 Å². The van der Waals surface area contributed by atoms with Crippen LogP contribution in [0.15, 0.2) is 30.3 Å². The maximum Gasteiger partial charge on any atom is 0.166 e. The van der Waals surface area contributed by atoms with Crippen LogP contribution in [0.4, 0.5) is 0 Å². The van der Waals surface area contributed by atoms with Gasteiger partial charge in [-0.15, -0.1) is 0 Å². The number of nitrogens with one attached hydrogen (secondary N) is 1. The molecule has 0 saturated heterocycles. The van der Waals surface area contributed by atoms with Crippen molar-refractivity contribution in [2.75, 3.05) is 0 Å². The number of benzene rings is 1. The minimum atomic E-state index is 0.715. The van der Waals surface area contributed by atoms with Crippen molar-refractivity contribution >= 4 is 18.4 Å². The Morgan fingerprint density at radius 2 is 1.58 bits per heavy atom. The van der Waals surface area contributed by atoms with Gasteiger partial charge in [-0.25, -0.2) is 0 Å². The molecule has 0 spiro atoms. The Balaban J connectivity index is 2.37. The van der Waals surface area contributed by atoms with E-state index in [0.717, 1.165) is 35.9 Å². The predicted octanol–water partition coefficient (Wildman–Crippen LogP) is 4.12. The normalized spacial score (nSPS) is 11.1. The first-order valence-corrected chi connectivity index (χ1v) is 6.72. The van der Waals surface area contributed by atoms with Gasteiger partial charge < -0.3 is 4.98 Å². The van der Waals surface area contributed by atoms with Gasteiger partial charge in [-0.2, -0.15) is 0 Å². The molecule has 0 atom stereocenters. The van der Waals surface area contributed by atoms with Crippen LogP contribution in [0.3, 0.4) is 0 Å². The second kappa shape index (κ2) is 6.19. The average Bonchev–Trinajstić information content (AvgIpc) is 2.82. The minimum Gasteiger partial charge on any atom is -0.352 e. The molecule has 0 unspecified atom stereocenters. The average molecular weight is 253 g/mol. The lowest BCUT2D eigenvalue weighted by atomic mass is 10.0. The van der Waals surface area contributed by atoms with Crippen LogP contribution < -0.4 is 0 Å². The molecule has 0 aliphatic rings. The van der Waals surface area contributed by atoms with Crippen molar-refractivity contribution < 1.29 is 4.79 Å². The molecule has 2 heteroatoms. The summed E-state index contributed by atoms with van der Waals surface area (Å²) in [6, 6.07) is 10.2. The van der Waals surface area contributed by atoms with E-state index in [1.807, 2.05) is 18.2 Å². The highest BCUT2D eigenvalue weighted by Crippen LogP contribution is 2.21. The molecule has 0 radical (unpaired) electrons. The molecule has 0 aliphatic carbocycles. The monoisotopic (exact) mass is 253 g/mol. The number of hydrogen-bond acceptors (Lipinski definition) is 1. The second-order valence-electron chi connectivity index (χ2n) is 4.48. The molecule has 1 heterocycles. The van der Waals surface area contributed by atoms with Crippen LogP contribution in [0, 0.1) is 0 Å². The van der Waals surface area contributed by atoms with Crippen molar-refractivity contribution in [2.24, 2.45) is 0 Å². The predicted molar refractivity (Wildman–Crippen MR) is 80.3 cm³/mol. The summed E-state index contributed by atoms with van der Waals surface area (Å²) in [5.74, 6) is 0. The molecule has 98 valence electrons. The van der Waals surface area contributed by atoms with Crippen LogP contribution in [-0.2, 0) is 12.8 Å². The van der Waals surface area contributed by atoms with E-state index < -0.39 is 0 Å². The van der Waals surface area contributed by atoms with E-state index in [-0.39, 0.29) is 0 Å². The van der Waals surface area contributed by atoms with Crippen molar-refractivity contribution in [1.82, 2.24) is 4.98 Å². The van der Waals surface area contributed by atoms with Gasteiger partial charge in [0.05, 0.1) is 5.69 Å². The number of H-pyrrole nitrogens is 1. The third-order valence-corrected chi connectivity index (χ3v) is 3.35. The molecule has 2 aromatic rings. The molecule has 2 rings (SSSR count). The SMILES string of the molecule is CCc1c(C=O)[nH]c(C=Cc2ccccc2)c1CC. The second-order valence-corrected chi connectivity index (χ2v) is 4.48. The zero-order chi connectivity index (χ0) is 13.7. The fourth-order valence-corrected chi connectivity index (χ4v) is 2.42. The van der Waals surface area contributed by atoms with Crippen LogP contribution in [0.1, 0.15) is 46.7 Å². The molecule has 2 nitrogen and oxygen atoms in total. The van der Waals surface area contributed by atoms with Gasteiger partial charge >= 0.3 is 0 Å². The van der Waals surface area contributed by atoms with Crippen LogP contribution in [0.25, 0.3) is 12.2 Å². The van der Waals surface area contributed by atoms with E-state index in [4.69, 9.17) is 0 Å². The van der Waals surface area contributed by atoms with Gasteiger partial charge in [0.1, 0.15) is 0 Å². The van der Waals surface area contributed by atoms with E-state index in [9.17, 15) is 4.79 Å². The molecular weight excluding hydrogens is 234 g/mol. The van der Waals surface area contributed by atoms with Gasteiger partial charge in [0, 0.05) is 5.69 Å². The molecule has 0 fully saturated rings. The fourth-order valence-electron chi connectivity index (χ4n) is 2.42. The standard InChI is InChI=1S/C17H19NO/c1-3-14-15(4-2)17(12-19)18-16(14)11-10-13-8-6-5-7-9-13/h5-12,18H,3-4H2,1-2H3. The first-order valence-electron chi connectivity index (χ1n) is 6.72. The Morgan fingerprint density at radius 3 is 2.16 bits per heavy atom. The lowest BCUT2D eigenvalue weighted by molar-refractivity contribution is 0.111. The molecule has 0 saturated carbocycles. The van der Waals surface area contributed by atoms with Crippen LogP contribution in [0.2, 0.25) is 0 Å². The van der Waals surface area contributed by atoms with Gasteiger partial charge in [-0.1, -0.05) is 50.3 Å². The van der Waals surface area contributed by atoms with Crippen molar-refractivity contribution in [2.45, 2.75) is 26.7 Å². The number of aromatic nitrogens is 1. The Labute approximate surface area is 114 Å². The lowest BCUT2D eigenvalue weighted by Gasteiger charge is -1.99. The number of rotatable bonds is 5. The summed E-state index contributed by atoms with van der Waals surface area (Å²) < 4.78 is 0. The van der Waals surface area contributed by atoms with E-state index in [0.29, 0.717) is 5.69 Å². The molecule has 1 aromatic heterocycles. The zero-order valence-corrected chi connectivity index (χ0v) is 11.4. The molecule has 1 aromatic carbocycles. The van der Waals surface area contributed by atoms with Crippen LogP contribution in [-0.4, -0.2) is 11.3 Å². The summed E-state index contributed by atoms with van der Waals surface area (Å²) in [5.41, 5.74) is 5.31. The van der Waals surface area contributed by atoms with Crippen LogP contribution >= 0.6 is 0 Å². The first kappa shape index (κ1) is 13.3. The van der Waals surface area contributed by atoms with Gasteiger partial charge in [0.2, 0.25) is 0 Å². The minimum absolute atomic E-state index is 0.715. The summed E-state index contributed by atoms with van der Waals surface area (Å²) >= 11 is 0. The molecule has 19 heavy (non-hydrogen) atoms. The summed E-state index contributed by atoms with van der Waals surface area (Å²) in [7, 11) is 0. The highest BCUT2D eigenvalue weighted by Gasteiger charge is 2.12. The Bertz CT molecular complexity index is 579. The topological polar surface area (TPSA) is 32.9 Å². The highest BCUT2D eigenvalue weighted by molar-refractivity contribution is 5.79. The van der Waals surface area contributed by atoms with Gasteiger partial charge in [0.15, 0.2) is 6.29 Å². The third kappa shape index (κ3) is 2.84. The molecule has 0 aliphatic heterocycles. The summed E-state index contributed by atoms with van der Waals surface area (Å²) in [6.07, 6.45) is 6.85. The number of carbonyl (C=O) groups is 1. The number of aldehydes is 1. The number of carbonyl (C=O) groups excluding carboxylic acids is 1. The summed E-state index contributed by atoms with van der Waals surface area (Å²) in [4.78, 5) is 14.3. The van der Waals surface area contributed by atoms with Gasteiger partial charge in [-0.05, 0) is 35.6 Å². The van der Waals surface area contributed by atoms with E-state index >= 15 is 0 Å². The third-order valence-electron chi connectivity index (χ3n) is 3.35. The quantitative estimate of drug-likeness (QED) is 0.799. The first-order chi connectivity index (χ1) is 9.30. The van der Waals surface area contributed by atoms with Gasteiger partial charge in [-0.3, -0.25) is 4.79 Å². The maximum absolute atomic E-state index is 11.1. The van der Waals surface area contributed by atoms with Crippen molar-refractivity contribution in [1.29, 1.82) is 0 Å². The largest absolute Gasteiger partial charge is 0.352 e. The fraction of sp³-hybridized carbons (Fsp3) is 0.235. The van der Waals surface area contributed by atoms with Crippen molar-refractivity contribution in [3.8, 4) is 0 Å². The molecular formula is C17H19NO. The lowest BCUT2D eigenvalue weighted by Crippen LogP contribution is -1.90. The Morgan fingerprint density at radius 1 is 0.947 bits per heavy atom. The summed E-state index contributed by atoms with van der Waals surface area (Å²) in [6.45, 7) is 4.21. The summed E-state index contributed by atoms with van der Waals surface area (Å²) in [5, 5.41) is 0. The van der Waals surface area contributed by atoms with E-state index in [1.54, 1.807) is 0 Å². The zero-order valence-electron chi connectivity index (χ0n) is 11.4. The maximum atomic E-state index is 11.1. The van der Waals surface area contributed by atoms with E-state index in [1.165, 1.54) is 5.56 Å². The van der Waals surface area contributed by atoms with Crippen molar-refractivity contribution in [3.05, 3.63) is 58.4 Å². The molecule has 0 bridgehead atoms. The number of hydrogen-bond donors (Lipinski definition) is 1. The smallest absolute Gasteiger partial charge is 0.166 e. The Hall–Kier alpha value is -2.09.